The van der Waals surface area contributed by atoms with E-state index in [1.165, 1.54) is 11.6 Å². The molecule has 0 amide bonds. The lowest BCUT2D eigenvalue weighted by Gasteiger charge is -2.45. The van der Waals surface area contributed by atoms with Crippen molar-refractivity contribution in [2.24, 2.45) is 0 Å². The lowest BCUT2D eigenvalue weighted by Crippen LogP contribution is -2.52. The van der Waals surface area contributed by atoms with E-state index in [0.717, 1.165) is 43.7 Å². The first-order valence-electron chi connectivity index (χ1n) is 10.8. The Morgan fingerprint density at radius 2 is 1.94 bits per heavy atom. The largest absolute Gasteiger partial charge is 0.493 e. The summed E-state index contributed by atoms with van der Waals surface area (Å²) in [6, 6.07) is 11.5. The van der Waals surface area contributed by atoms with Crippen LogP contribution >= 0.6 is 23.8 Å². The topological polar surface area (TPSA) is 45.8 Å². The van der Waals surface area contributed by atoms with Crippen LogP contribution in [0.1, 0.15) is 31.2 Å². The first-order chi connectivity index (χ1) is 15.4. The molecule has 0 unspecified atom stereocenters. The third kappa shape index (κ3) is 4.38. The van der Waals surface area contributed by atoms with Gasteiger partial charge >= 0.3 is 0 Å². The van der Waals surface area contributed by atoms with Gasteiger partial charge in [-0.05, 0) is 87.4 Å². The number of nitrogens with one attached hydrogen (secondary N) is 2. The second-order valence-electron chi connectivity index (χ2n) is 8.67. The van der Waals surface area contributed by atoms with Crippen LogP contribution in [0.2, 0.25) is 5.02 Å². The Morgan fingerprint density at radius 1 is 1.16 bits per heavy atom. The summed E-state index contributed by atoms with van der Waals surface area (Å²) < 4.78 is 24.4. The van der Waals surface area contributed by atoms with Gasteiger partial charge in [-0.2, -0.15) is 0 Å². The molecular formula is C24H29ClFN3O2S. The molecule has 1 aliphatic heterocycles. The third-order valence-electron chi connectivity index (χ3n) is 7.00. The first kappa shape index (κ1) is 23.1. The van der Waals surface area contributed by atoms with Gasteiger partial charge in [0.1, 0.15) is 5.82 Å². The van der Waals surface area contributed by atoms with Crippen LogP contribution in [0.3, 0.4) is 0 Å². The van der Waals surface area contributed by atoms with E-state index in [-0.39, 0.29) is 16.5 Å². The van der Waals surface area contributed by atoms with Gasteiger partial charge in [-0.3, -0.25) is 0 Å². The van der Waals surface area contributed by atoms with Crippen LogP contribution in [0.25, 0.3) is 0 Å². The van der Waals surface area contributed by atoms with Crippen molar-refractivity contribution in [1.82, 2.24) is 10.2 Å². The molecule has 4 rings (SSSR count). The van der Waals surface area contributed by atoms with Gasteiger partial charge in [-0.15, -0.1) is 0 Å². The molecule has 2 N–H and O–H groups in total. The number of likely N-dealkylation sites (tertiary alicyclic amines) is 1. The summed E-state index contributed by atoms with van der Waals surface area (Å²) in [5, 5.41) is 7.18. The van der Waals surface area contributed by atoms with Gasteiger partial charge in [-0.1, -0.05) is 17.7 Å². The number of nitrogens with zero attached hydrogens (tertiary/aromatic N) is 1. The summed E-state index contributed by atoms with van der Waals surface area (Å²) in [6.07, 6.45) is 4.16. The number of ether oxygens (including phenoxy) is 2. The molecule has 172 valence electrons. The zero-order chi connectivity index (χ0) is 22.9. The van der Waals surface area contributed by atoms with Gasteiger partial charge < -0.3 is 25.0 Å². The number of halogens is 2. The summed E-state index contributed by atoms with van der Waals surface area (Å²) in [5.74, 6) is 1.08. The molecule has 1 saturated heterocycles. The highest BCUT2D eigenvalue weighted by Gasteiger charge is 2.50. The molecule has 0 spiro atoms. The van der Waals surface area contributed by atoms with Crippen molar-refractivity contribution in [3.63, 3.8) is 0 Å². The van der Waals surface area contributed by atoms with E-state index in [0.29, 0.717) is 16.8 Å². The van der Waals surface area contributed by atoms with Gasteiger partial charge in [0.25, 0.3) is 0 Å². The molecule has 1 aliphatic carbocycles. The van der Waals surface area contributed by atoms with Crippen LogP contribution in [0.4, 0.5) is 10.1 Å². The molecule has 1 heterocycles. The Bertz CT molecular complexity index is 1010. The van der Waals surface area contributed by atoms with Gasteiger partial charge in [0.15, 0.2) is 16.6 Å². The normalized spacial score (nSPS) is 25.2. The standard InChI is InChI=1S/C24H29ClFN3O2S/c1-29-11-10-24(15-4-7-20(30-2)21(12-15)31-3)9-8-17(14-22(24)29)28-23(32)27-16-5-6-19(26)18(25)13-16/h4-7,12-13,17,22H,8-11,14H2,1-3H3,(H2,27,28,32)/t17-,22+,24-/m0/s1. The molecule has 2 aliphatic rings. The quantitative estimate of drug-likeness (QED) is 0.592. The van der Waals surface area contributed by atoms with Crippen molar-refractivity contribution in [1.29, 1.82) is 0 Å². The monoisotopic (exact) mass is 477 g/mol. The molecule has 0 bridgehead atoms. The molecule has 8 heteroatoms. The van der Waals surface area contributed by atoms with E-state index >= 15 is 0 Å². The molecule has 2 aromatic carbocycles. The fraction of sp³-hybridized carbons (Fsp3) is 0.458. The van der Waals surface area contributed by atoms with Crippen LogP contribution < -0.4 is 20.1 Å². The Balaban J connectivity index is 1.47. The summed E-state index contributed by atoms with van der Waals surface area (Å²) in [7, 11) is 5.54. The number of fused-ring (bicyclic) bond motifs is 1. The zero-order valence-electron chi connectivity index (χ0n) is 18.6. The van der Waals surface area contributed by atoms with Crippen LogP contribution in [-0.2, 0) is 5.41 Å². The summed E-state index contributed by atoms with van der Waals surface area (Å²) >= 11 is 11.4. The lowest BCUT2D eigenvalue weighted by atomic mass is 9.65. The number of anilines is 1. The highest BCUT2D eigenvalue weighted by molar-refractivity contribution is 7.80. The second kappa shape index (κ2) is 9.41. The Kier molecular flexibility index (Phi) is 6.79. The van der Waals surface area contributed by atoms with E-state index < -0.39 is 5.82 Å². The Hall–Kier alpha value is -2.09. The van der Waals surface area contributed by atoms with Gasteiger partial charge in [0, 0.05) is 23.2 Å². The van der Waals surface area contributed by atoms with E-state index in [9.17, 15) is 4.39 Å². The summed E-state index contributed by atoms with van der Waals surface area (Å²) in [6.45, 7) is 1.06. The SMILES string of the molecule is COc1ccc([C@@]23CC[C@H](NC(=S)Nc4ccc(F)c(Cl)c4)C[C@H]2N(C)CC3)cc1OC. The van der Waals surface area contributed by atoms with Crippen molar-refractivity contribution in [2.45, 2.75) is 43.2 Å². The zero-order valence-corrected chi connectivity index (χ0v) is 20.2. The molecule has 32 heavy (non-hydrogen) atoms. The Labute approximate surface area is 199 Å². The average Bonchev–Trinajstić information content (AvgIpc) is 3.13. The predicted molar refractivity (Wildman–Crippen MR) is 131 cm³/mol. The van der Waals surface area contributed by atoms with Crippen LogP contribution in [0.15, 0.2) is 36.4 Å². The summed E-state index contributed by atoms with van der Waals surface area (Å²) in [4.78, 5) is 2.46. The third-order valence-corrected chi connectivity index (χ3v) is 7.51. The number of hydrogen-bond acceptors (Lipinski definition) is 4. The van der Waals surface area contributed by atoms with E-state index in [4.69, 9.17) is 33.3 Å². The number of benzene rings is 2. The molecule has 2 fully saturated rings. The molecular weight excluding hydrogens is 449 g/mol. The minimum atomic E-state index is -0.445. The lowest BCUT2D eigenvalue weighted by molar-refractivity contribution is 0.161. The minimum absolute atomic E-state index is 0.0720. The molecule has 3 atom stereocenters. The Morgan fingerprint density at radius 3 is 2.66 bits per heavy atom. The maximum atomic E-state index is 13.4. The number of rotatable bonds is 5. The van der Waals surface area contributed by atoms with Crippen molar-refractivity contribution in [3.8, 4) is 11.5 Å². The van der Waals surface area contributed by atoms with E-state index in [2.05, 4.69) is 34.7 Å². The van der Waals surface area contributed by atoms with Gasteiger partial charge in [-0.25, -0.2) is 4.39 Å². The molecule has 0 aromatic heterocycles. The van der Waals surface area contributed by atoms with E-state index in [1.54, 1.807) is 26.4 Å². The van der Waals surface area contributed by atoms with Crippen LogP contribution in [0, 0.1) is 5.82 Å². The second-order valence-corrected chi connectivity index (χ2v) is 9.49. The molecule has 5 nitrogen and oxygen atoms in total. The van der Waals surface area contributed by atoms with Crippen LogP contribution in [0.5, 0.6) is 11.5 Å². The maximum Gasteiger partial charge on any atom is 0.170 e. The van der Waals surface area contributed by atoms with Crippen molar-refractivity contribution in [2.75, 3.05) is 33.1 Å². The van der Waals surface area contributed by atoms with Crippen molar-refractivity contribution < 1.29 is 13.9 Å². The highest BCUT2D eigenvalue weighted by Crippen LogP contribution is 2.49. The number of thiocarbonyl (C=S) groups is 1. The molecule has 1 saturated carbocycles. The van der Waals surface area contributed by atoms with Gasteiger partial charge in [0.05, 0.1) is 19.2 Å². The smallest absolute Gasteiger partial charge is 0.170 e. The van der Waals surface area contributed by atoms with Gasteiger partial charge in [0.2, 0.25) is 0 Å². The van der Waals surface area contributed by atoms with E-state index in [1.807, 2.05) is 6.07 Å². The van der Waals surface area contributed by atoms with Crippen molar-refractivity contribution >= 4 is 34.6 Å². The number of likely N-dealkylation sites (N-methyl/N-ethyl adjacent to an activating group) is 1. The molecule has 0 radical (unpaired) electrons. The highest BCUT2D eigenvalue weighted by atomic mass is 35.5. The maximum absolute atomic E-state index is 13.4. The fourth-order valence-electron chi connectivity index (χ4n) is 5.32. The first-order valence-corrected chi connectivity index (χ1v) is 11.6. The number of hydrogen-bond donors (Lipinski definition) is 2. The minimum Gasteiger partial charge on any atom is -0.493 e. The fourth-order valence-corrected chi connectivity index (χ4v) is 5.79. The van der Waals surface area contributed by atoms with Crippen molar-refractivity contribution in [3.05, 3.63) is 52.8 Å². The van der Waals surface area contributed by atoms with Crippen LogP contribution in [-0.4, -0.2) is 49.9 Å². The molecule has 2 aromatic rings. The summed E-state index contributed by atoms with van der Waals surface area (Å²) in [5.41, 5.74) is 2.07. The average molecular weight is 478 g/mol. The predicted octanol–water partition coefficient (Wildman–Crippen LogP) is 4.98. The number of methoxy groups -OCH3 is 2.